The van der Waals surface area contributed by atoms with E-state index in [1.165, 1.54) is 7.11 Å². The van der Waals surface area contributed by atoms with E-state index < -0.39 is 0 Å². The monoisotopic (exact) mass is 229 g/mol. The Labute approximate surface area is 97.6 Å². The molecule has 4 nitrogen and oxygen atoms in total. The van der Waals surface area contributed by atoms with Crippen molar-refractivity contribution in [2.45, 2.75) is 32.1 Å². The lowest BCUT2D eigenvalue weighted by Crippen LogP contribution is -2.39. The molecule has 1 rings (SSSR count). The van der Waals surface area contributed by atoms with Gasteiger partial charge in [0.15, 0.2) is 0 Å². The van der Waals surface area contributed by atoms with Gasteiger partial charge in [0.25, 0.3) is 0 Å². The Bertz CT molecular complexity index is 208. The zero-order valence-electron chi connectivity index (χ0n) is 10.2. The van der Waals surface area contributed by atoms with Crippen LogP contribution in [0, 0.1) is 5.92 Å². The first kappa shape index (κ1) is 13.5. The van der Waals surface area contributed by atoms with Crippen molar-refractivity contribution in [3.63, 3.8) is 0 Å². The number of rotatable bonds is 6. The summed E-state index contributed by atoms with van der Waals surface area (Å²) < 4.78 is 4.78. The van der Waals surface area contributed by atoms with Crippen LogP contribution in [0.1, 0.15) is 32.1 Å². The third kappa shape index (κ3) is 4.49. The first-order chi connectivity index (χ1) is 7.77. The summed E-state index contributed by atoms with van der Waals surface area (Å²) >= 11 is 0. The molecule has 16 heavy (non-hydrogen) atoms. The molecule has 0 aromatic heterocycles. The van der Waals surface area contributed by atoms with Crippen molar-refractivity contribution in [1.29, 1.82) is 0 Å². The maximum absolute atomic E-state index is 11.4. The van der Waals surface area contributed by atoms with Crippen molar-refractivity contribution in [1.82, 2.24) is 4.90 Å². The standard InChI is InChI=1S/C12H23NO3/c1-16-12(15)11-6-5-8-13(10-11)7-3-2-4-9-14/h11,14H,2-10H2,1H3. The van der Waals surface area contributed by atoms with Gasteiger partial charge in [-0.15, -0.1) is 0 Å². The molecule has 1 N–H and O–H groups in total. The molecule has 1 atom stereocenters. The number of nitrogens with zero attached hydrogens (tertiary/aromatic N) is 1. The number of methoxy groups -OCH3 is 1. The number of ether oxygens (including phenoxy) is 1. The van der Waals surface area contributed by atoms with E-state index in [9.17, 15) is 4.79 Å². The van der Waals surface area contributed by atoms with Gasteiger partial charge in [-0.3, -0.25) is 4.79 Å². The van der Waals surface area contributed by atoms with Crippen LogP contribution < -0.4 is 0 Å². The number of aliphatic hydroxyl groups excluding tert-OH is 1. The van der Waals surface area contributed by atoms with Crippen molar-refractivity contribution in [3.8, 4) is 0 Å². The topological polar surface area (TPSA) is 49.8 Å². The van der Waals surface area contributed by atoms with Gasteiger partial charge in [-0.2, -0.15) is 0 Å². The van der Waals surface area contributed by atoms with Crippen LogP contribution >= 0.6 is 0 Å². The number of aliphatic hydroxyl groups is 1. The third-order valence-electron chi connectivity index (χ3n) is 3.17. The Balaban J connectivity index is 2.20. The third-order valence-corrected chi connectivity index (χ3v) is 3.17. The zero-order chi connectivity index (χ0) is 11.8. The van der Waals surface area contributed by atoms with E-state index in [-0.39, 0.29) is 18.5 Å². The molecule has 0 aliphatic carbocycles. The van der Waals surface area contributed by atoms with Crippen LogP contribution in [0.25, 0.3) is 0 Å². The lowest BCUT2D eigenvalue weighted by atomic mass is 9.98. The average molecular weight is 229 g/mol. The number of piperidine rings is 1. The van der Waals surface area contributed by atoms with E-state index in [1.54, 1.807) is 0 Å². The molecule has 1 heterocycles. The van der Waals surface area contributed by atoms with E-state index >= 15 is 0 Å². The highest BCUT2D eigenvalue weighted by Gasteiger charge is 2.25. The summed E-state index contributed by atoms with van der Waals surface area (Å²) in [5, 5.41) is 8.68. The normalized spacial score (nSPS) is 22.0. The summed E-state index contributed by atoms with van der Waals surface area (Å²) in [5.74, 6) is -0.00310. The van der Waals surface area contributed by atoms with Crippen molar-refractivity contribution in [3.05, 3.63) is 0 Å². The number of hydrogen-bond acceptors (Lipinski definition) is 4. The SMILES string of the molecule is COC(=O)C1CCCN(CCCCCO)C1. The predicted octanol–water partition coefficient (Wildman–Crippen LogP) is 1.03. The molecule has 1 aliphatic rings. The molecule has 0 aromatic rings. The van der Waals surface area contributed by atoms with Gasteiger partial charge in [0.05, 0.1) is 13.0 Å². The van der Waals surface area contributed by atoms with E-state index in [0.29, 0.717) is 0 Å². The van der Waals surface area contributed by atoms with Crippen LogP contribution in [0.3, 0.4) is 0 Å². The summed E-state index contributed by atoms with van der Waals surface area (Å²) in [6.45, 7) is 3.25. The molecule has 94 valence electrons. The summed E-state index contributed by atoms with van der Waals surface area (Å²) in [6, 6.07) is 0. The number of esters is 1. The first-order valence-electron chi connectivity index (χ1n) is 6.19. The van der Waals surface area contributed by atoms with Crippen LogP contribution in [0.5, 0.6) is 0 Å². The molecule has 1 saturated heterocycles. The molecule has 4 heteroatoms. The first-order valence-corrected chi connectivity index (χ1v) is 6.19. The Morgan fingerprint density at radius 3 is 2.94 bits per heavy atom. The highest BCUT2D eigenvalue weighted by atomic mass is 16.5. The second kappa shape index (κ2) is 7.63. The molecular formula is C12H23NO3. The molecule has 0 saturated carbocycles. The molecule has 0 aromatic carbocycles. The van der Waals surface area contributed by atoms with Gasteiger partial charge in [-0.1, -0.05) is 0 Å². The van der Waals surface area contributed by atoms with E-state index in [0.717, 1.165) is 51.7 Å². The maximum atomic E-state index is 11.4. The second-order valence-electron chi connectivity index (χ2n) is 4.45. The van der Waals surface area contributed by atoms with Crippen molar-refractivity contribution in [2.24, 2.45) is 5.92 Å². The molecule has 0 radical (unpaired) electrons. The van der Waals surface area contributed by atoms with Gasteiger partial charge in [0.2, 0.25) is 0 Å². The molecule has 1 aliphatic heterocycles. The van der Waals surface area contributed by atoms with Crippen LogP contribution in [0.4, 0.5) is 0 Å². The highest BCUT2D eigenvalue weighted by Crippen LogP contribution is 2.18. The Hall–Kier alpha value is -0.610. The van der Waals surface area contributed by atoms with Crippen LogP contribution in [-0.4, -0.2) is 49.3 Å². The summed E-state index contributed by atoms with van der Waals surface area (Å²) in [7, 11) is 1.46. The molecular weight excluding hydrogens is 206 g/mol. The molecule has 0 amide bonds. The van der Waals surface area contributed by atoms with Crippen LogP contribution in [0.2, 0.25) is 0 Å². The molecule has 0 bridgehead atoms. The van der Waals surface area contributed by atoms with E-state index in [2.05, 4.69) is 4.90 Å². The van der Waals surface area contributed by atoms with Gasteiger partial charge >= 0.3 is 5.97 Å². The number of carbonyl (C=O) groups is 1. The Morgan fingerprint density at radius 1 is 1.44 bits per heavy atom. The maximum Gasteiger partial charge on any atom is 0.309 e. The van der Waals surface area contributed by atoms with Gasteiger partial charge in [0, 0.05) is 13.2 Å². The fourth-order valence-corrected chi connectivity index (χ4v) is 2.24. The fraction of sp³-hybridized carbons (Fsp3) is 0.917. The largest absolute Gasteiger partial charge is 0.469 e. The minimum absolute atomic E-state index is 0.0663. The highest BCUT2D eigenvalue weighted by molar-refractivity contribution is 5.72. The minimum atomic E-state index is -0.0694. The molecule has 1 fully saturated rings. The lowest BCUT2D eigenvalue weighted by Gasteiger charge is -2.31. The lowest BCUT2D eigenvalue weighted by molar-refractivity contribution is -0.147. The summed E-state index contributed by atoms with van der Waals surface area (Å²) in [5.41, 5.74) is 0. The average Bonchev–Trinajstić information content (AvgIpc) is 2.34. The Morgan fingerprint density at radius 2 is 2.25 bits per heavy atom. The smallest absolute Gasteiger partial charge is 0.309 e. The van der Waals surface area contributed by atoms with Gasteiger partial charge in [-0.05, 0) is 45.2 Å². The predicted molar refractivity (Wildman–Crippen MR) is 62.1 cm³/mol. The number of carbonyl (C=O) groups excluding carboxylic acids is 1. The quantitative estimate of drug-likeness (QED) is 0.546. The van der Waals surface area contributed by atoms with E-state index in [4.69, 9.17) is 9.84 Å². The fourth-order valence-electron chi connectivity index (χ4n) is 2.24. The molecule has 1 unspecified atom stereocenters. The van der Waals surface area contributed by atoms with E-state index in [1.807, 2.05) is 0 Å². The Kier molecular flexibility index (Phi) is 6.42. The van der Waals surface area contributed by atoms with Gasteiger partial charge < -0.3 is 14.7 Å². The molecule has 0 spiro atoms. The van der Waals surface area contributed by atoms with Gasteiger partial charge in [0.1, 0.15) is 0 Å². The number of likely N-dealkylation sites (tertiary alicyclic amines) is 1. The van der Waals surface area contributed by atoms with Crippen molar-refractivity contribution in [2.75, 3.05) is 33.4 Å². The van der Waals surface area contributed by atoms with Crippen LogP contribution in [0.15, 0.2) is 0 Å². The minimum Gasteiger partial charge on any atom is -0.469 e. The van der Waals surface area contributed by atoms with Crippen molar-refractivity contribution >= 4 is 5.97 Å². The number of unbranched alkanes of at least 4 members (excludes halogenated alkanes) is 2. The van der Waals surface area contributed by atoms with Gasteiger partial charge in [-0.25, -0.2) is 0 Å². The van der Waals surface area contributed by atoms with Crippen molar-refractivity contribution < 1.29 is 14.6 Å². The number of hydrogen-bond donors (Lipinski definition) is 1. The second-order valence-corrected chi connectivity index (χ2v) is 4.45. The summed E-state index contributed by atoms with van der Waals surface area (Å²) in [4.78, 5) is 13.7. The van der Waals surface area contributed by atoms with Crippen LogP contribution in [-0.2, 0) is 9.53 Å². The summed E-state index contributed by atoms with van der Waals surface area (Å²) in [6.07, 6.45) is 5.10. The zero-order valence-corrected chi connectivity index (χ0v) is 10.2.